The summed E-state index contributed by atoms with van der Waals surface area (Å²) in [6, 6.07) is 5.77. The van der Waals surface area contributed by atoms with Crippen LogP contribution in [0.1, 0.15) is 17.7 Å². The molecular weight excluding hydrogens is 314 g/mol. The molecule has 0 bridgehead atoms. The fourth-order valence-electron chi connectivity index (χ4n) is 1.67. The lowest BCUT2D eigenvalue weighted by Crippen LogP contribution is -2.26. The van der Waals surface area contributed by atoms with Crippen molar-refractivity contribution >= 4 is 33.2 Å². The fraction of sp³-hybridized carbons (Fsp3) is 0.308. The van der Waals surface area contributed by atoms with E-state index in [-0.39, 0.29) is 5.91 Å². The van der Waals surface area contributed by atoms with Gasteiger partial charge in [-0.15, -0.1) is 11.3 Å². The van der Waals surface area contributed by atoms with E-state index in [1.54, 1.807) is 22.5 Å². The van der Waals surface area contributed by atoms with E-state index >= 15 is 0 Å². The molecule has 2 aromatic rings. The standard InChI is InChI=1S/C13H14BrNO2S/c1-15(8-10-7-12(14)18-9-10)13(16)5-4-11-3-2-6-17-11/h2-3,6-7,9H,4-5,8H2,1H3. The van der Waals surface area contributed by atoms with Crippen molar-refractivity contribution in [3.8, 4) is 0 Å². The molecule has 2 aromatic heterocycles. The third-order valence-corrected chi connectivity index (χ3v) is 4.19. The average Bonchev–Trinajstić information content (AvgIpc) is 2.97. The number of hydrogen-bond donors (Lipinski definition) is 0. The summed E-state index contributed by atoms with van der Waals surface area (Å²) >= 11 is 5.05. The molecule has 96 valence electrons. The van der Waals surface area contributed by atoms with Gasteiger partial charge in [-0.3, -0.25) is 4.79 Å². The Kier molecular flexibility index (Phi) is 4.60. The quantitative estimate of drug-likeness (QED) is 0.839. The van der Waals surface area contributed by atoms with E-state index in [9.17, 15) is 4.79 Å². The molecule has 5 heteroatoms. The topological polar surface area (TPSA) is 33.5 Å². The summed E-state index contributed by atoms with van der Waals surface area (Å²) in [5.41, 5.74) is 1.15. The van der Waals surface area contributed by atoms with Crippen LogP contribution in [-0.4, -0.2) is 17.9 Å². The van der Waals surface area contributed by atoms with Gasteiger partial charge >= 0.3 is 0 Å². The number of carbonyl (C=O) groups is 1. The van der Waals surface area contributed by atoms with Crippen LogP contribution in [0.3, 0.4) is 0 Å². The molecule has 0 aliphatic rings. The minimum atomic E-state index is 0.133. The average molecular weight is 328 g/mol. The van der Waals surface area contributed by atoms with E-state index in [2.05, 4.69) is 21.3 Å². The number of amides is 1. The first-order valence-corrected chi connectivity index (χ1v) is 7.31. The second-order valence-corrected chi connectivity index (χ2v) is 6.38. The monoisotopic (exact) mass is 327 g/mol. The Morgan fingerprint density at radius 1 is 1.56 bits per heavy atom. The van der Waals surface area contributed by atoms with Gasteiger partial charge in [0.15, 0.2) is 0 Å². The summed E-state index contributed by atoms with van der Waals surface area (Å²) in [4.78, 5) is 13.7. The summed E-state index contributed by atoms with van der Waals surface area (Å²) in [5, 5.41) is 2.06. The number of carbonyl (C=O) groups excluding carboxylic acids is 1. The number of halogens is 1. The van der Waals surface area contributed by atoms with Crippen molar-refractivity contribution in [2.75, 3.05) is 7.05 Å². The highest BCUT2D eigenvalue weighted by atomic mass is 79.9. The Balaban J connectivity index is 1.81. The van der Waals surface area contributed by atoms with Crippen molar-refractivity contribution in [1.29, 1.82) is 0 Å². The first kappa shape index (κ1) is 13.4. The number of aryl methyl sites for hydroxylation is 1. The first-order chi connectivity index (χ1) is 8.65. The number of nitrogens with zero attached hydrogens (tertiary/aromatic N) is 1. The zero-order valence-electron chi connectivity index (χ0n) is 10.1. The Morgan fingerprint density at radius 2 is 2.39 bits per heavy atom. The van der Waals surface area contributed by atoms with Gasteiger partial charge in [-0.25, -0.2) is 0 Å². The largest absolute Gasteiger partial charge is 0.469 e. The van der Waals surface area contributed by atoms with Gasteiger partial charge < -0.3 is 9.32 Å². The van der Waals surface area contributed by atoms with Crippen LogP contribution < -0.4 is 0 Å². The smallest absolute Gasteiger partial charge is 0.223 e. The summed E-state index contributed by atoms with van der Waals surface area (Å²) in [6.45, 7) is 0.652. The van der Waals surface area contributed by atoms with Gasteiger partial charge in [0.2, 0.25) is 5.91 Å². The van der Waals surface area contributed by atoms with E-state index in [1.807, 2.05) is 25.2 Å². The maximum absolute atomic E-state index is 11.9. The van der Waals surface area contributed by atoms with Gasteiger partial charge in [0.1, 0.15) is 5.76 Å². The van der Waals surface area contributed by atoms with Gasteiger partial charge in [0.05, 0.1) is 10.0 Å². The van der Waals surface area contributed by atoms with Crippen LogP contribution in [0, 0.1) is 0 Å². The van der Waals surface area contributed by atoms with Crippen molar-refractivity contribution < 1.29 is 9.21 Å². The SMILES string of the molecule is CN(Cc1csc(Br)c1)C(=O)CCc1ccco1. The highest BCUT2D eigenvalue weighted by Crippen LogP contribution is 2.21. The molecule has 0 saturated carbocycles. The first-order valence-electron chi connectivity index (χ1n) is 5.64. The van der Waals surface area contributed by atoms with Crippen LogP contribution in [0.15, 0.2) is 38.0 Å². The van der Waals surface area contributed by atoms with Gasteiger partial charge in [-0.1, -0.05) is 0 Å². The summed E-state index contributed by atoms with van der Waals surface area (Å²) < 4.78 is 6.30. The van der Waals surface area contributed by atoms with E-state index in [0.717, 1.165) is 15.1 Å². The number of furan rings is 1. The van der Waals surface area contributed by atoms with E-state index < -0.39 is 0 Å². The maximum atomic E-state index is 11.9. The predicted molar refractivity (Wildman–Crippen MR) is 75.5 cm³/mol. The summed E-state index contributed by atoms with van der Waals surface area (Å²) in [5.74, 6) is 0.990. The second-order valence-electron chi connectivity index (χ2n) is 4.09. The molecule has 2 rings (SSSR count). The van der Waals surface area contributed by atoms with Crippen molar-refractivity contribution in [3.63, 3.8) is 0 Å². The van der Waals surface area contributed by atoms with Gasteiger partial charge in [-0.2, -0.15) is 0 Å². The molecule has 0 fully saturated rings. The molecule has 0 aliphatic carbocycles. The van der Waals surface area contributed by atoms with Crippen molar-refractivity contribution in [3.05, 3.63) is 45.0 Å². The lowest BCUT2D eigenvalue weighted by molar-refractivity contribution is -0.130. The Hall–Kier alpha value is -1.07. The highest BCUT2D eigenvalue weighted by Gasteiger charge is 2.11. The molecular formula is C13H14BrNO2S. The maximum Gasteiger partial charge on any atom is 0.223 e. The zero-order valence-corrected chi connectivity index (χ0v) is 12.5. The highest BCUT2D eigenvalue weighted by molar-refractivity contribution is 9.11. The third-order valence-electron chi connectivity index (χ3n) is 2.63. The van der Waals surface area contributed by atoms with Gasteiger partial charge in [-0.05, 0) is 45.1 Å². The molecule has 1 amide bonds. The molecule has 3 nitrogen and oxygen atoms in total. The molecule has 0 unspecified atom stereocenters. The van der Waals surface area contributed by atoms with Crippen molar-refractivity contribution in [1.82, 2.24) is 4.90 Å². The van der Waals surface area contributed by atoms with Crippen molar-refractivity contribution in [2.45, 2.75) is 19.4 Å². The van der Waals surface area contributed by atoms with E-state index in [0.29, 0.717) is 19.4 Å². The number of thiophene rings is 1. The third kappa shape index (κ3) is 3.71. The Labute approximate surface area is 119 Å². The zero-order chi connectivity index (χ0) is 13.0. The van der Waals surface area contributed by atoms with Crippen LogP contribution in [-0.2, 0) is 17.8 Å². The summed E-state index contributed by atoms with van der Waals surface area (Å²) in [7, 11) is 1.83. The van der Waals surface area contributed by atoms with E-state index in [4.69, 9.17) is 4.42 Å². The molecule has 0 radical (unpaired) electrons. The lowest BCUT2D eigenvalue weighted by atomic mass is 10.2. The van der Waals surface area contributed by atoms with Gasteiger partial charge in [0.25, 0.3) is 0 Å². The number of rotatable bonds is 5. The van der Waals surface area contributed by atoms with E-state index in [1.165, 1.54) is 0 Å². The predicted octanol–water partition coefficient (Wildman–Crippen LogP) is 3.69. The summed E-state index contributed by atoms with van der Waals surface area (Å²) in [6.07, 6.45) is 2.77. The number of hydrogen-bond acceptors (Lipinski definition) is 3. The minimum Gasteiger partial charge on any atom is -0.469 e. The molecule has 0 aromatic carbocycles. The minimum absolute atomic E-state index is 0.133. The fourth-order valence-corrected chi connectivity index (χ4v) is 2.87. The second kappa shape index (κ2) is 6.20. The Bertz CT molecular complexity index is 507. The molecule has 0 spiro atoms. The van der Waals surface area contributed by atoms with Gasteiger partial charge in [0, 0.05) is 26.4 Å². The molecule has 2 heterocycles. The van der Waals surface area contributed by atoms with Crippen LogP contribution >= 0.6 is 27.3 Å². The van der Waals surface area contributed by atoms with Crippen LogP contribution in [0.5, 0.6) is 0 Å². The molecule has 0 aliphatic heterocycles. The Morgan fingerprint density at radius 3 is 3.00 bits per heavy atom. The molecule has 0 saturated heterocycles. The molecule has 18 heavy (non-hydrogen) atoms. The normalized spacial score (nSPS) is 10.6. The molecule has 0 N–H and O–H groups in total. The van der Waals surface area contributed by atoms with Crippen LogP contribution in [0.2, 0.25) is 0 Å². The molecule has 0 atom stereocenters. The lowest BCUT2D eigenvalue weighted by Gasteiger charge is -2.15. The van der Waals surface area contributed by atoms with Crippen LogP contribution in [0.4, 0.5) is 0 Å². The van der Waals surface area contributed by atoms with Crippen molar-refractivity contribution in [2.24, 2.45) is 0 Å². The van der Waals surface area contributed by atoms with Crippen LogP contribution in [0.25, 0.3) is 0 Å².